The fourth-order valence-electron chi connectivity index (χ4n) is 3.89. The van der Waals surface area contributed by atoms with Crippen LogP contribution >= 0.6 is 0 Å². The lowest BCUT2D eigenvalue weighted by atomic mass is 9.96. The van der Waals surface area contributed by atoms with Crippen LogP contribution in [0.25, 0.3) is 5.57 Å². The van der Waals surface area contributed by atoms with E-state index >= 15 is 0 Å². The van der Waals surface area contributed by atoms with Gasteiger partial charge in [-0.05, 0) is 54.2 Å². The summed E-state index contributed by atoms with van der Waals surface area (Å²) in [6.07, 6.45) is 1.40. The molecule has 0 fully saturated rings. The monoisotopic (exact) mass is 376 g/mol. The Balaban J connectivity index is 1.65. The van der Waals surface area contributed by atoms with Crippen molar-refractivity contribution in [1.82, 2.24) is 10.2 Å². The number of likely N-dealkylation sites (N-methyl/N-ethyl adjacent to an activating group) is 1. The van der Waals surface area contributed by atoms with Gasteiger partial charge in [0.1, 0.15) is 11.5 Å². The largest absolute Gasteiger partial charge is 0.380 e. The molecule has 142 valence electrons. The maximum atomic E-state index is 13.1. The first-order chi connectivity index (χ1) is 13.5. The maximum Gasteiger partial charge on any atom is 0.277 e. The number of fused-ring (bicyclic) bond motifs is 1. The molecule has 28 heavy (non-hydrogen) atoms. The summed E-state index contributed by atoms with van der Waals surface area (Å²) in [5.41, 5.74) is 5.90. The van der Waals surface area contributed by atoms with Gasteiger partial charge in [-0.3, -0.25) is 14.5 Å². The molecule has 0 radical (unpaired) electrons. The minimum atomic E-state index is -0.316. The van der Waals surface area contributed by atoms with Crippen molar-refractivity contribution in [3.05, 3.63) is 87.9 Å². The standard InChI is InChI=1S/C23H21FN2O2/c1-14-13-16-5-3-4-6-18(16)19(14)20-21(23(28)26(2)22(20)27)25-12-11-15-7-9-17(24)10-8-15/h3-10,25H,11-13H2,1-2H3. The highest BCUT2D eigenvalue weighted by atomic mass is 19.1. The Bertz CT molecular complexity index is 1030. The summed E-state index contributed by atoms with van der Waals surface area (Å²) < 4.78 is 13.1. The van der Waals surface area contributed by atoms with Gasteiger partial charge in [-0.15, -0.1) is 0 Å². The summed E-state index contributed by atoms with van der Waals surface area (Å²) in [7, 11) is 1.51. The van der Waals surface area contributed by atoms with Crippen molar-refractivity contribution in [2.24, 2.45) is 0 Å². The van der Waals surface area contributed by atoms with Crippen molar-refractivity contribution >= 4 is 17.4 Å². The lowest BCUT2D eigenvalue weighted by Crippen LogP contribution is -2.30. The zero-order chi connectivity index (χ0) is 19.8. The Kier molecular flexibility index (Phi) is 4.59. The Morgan fingerprint density at radius 1 is 1.00 bits per heavy atom. The van der Waals surface area contributed by atoms with Crippen LogP contribution in [0.3, 0.4) is 0 Å². The lowest BCUT2D eigenvalue weighted by Gasteiger charge is -2.11. The molecule has 2 amide bonds. The Morgan fingerprint density at radius 3 is 2.46 bits per heavy atom. The highest BCUT2D eigenvalue weighted by molar-refractivity contribution is 6.26. The van der Waals surface area contributed by atoms with Crippen molar-refractivity contribution in [3.8, 4) is 0 Å². The lowest BCUT2D eigenvalue weighted by molar-refractivity contribution is -0.135. The molecule has 4 rings (SSSR count). The number of amides is 2. The van der Waals surface area contributed by atoms with E-state index in [1.54, 1.807) is 12.1 Å². The van der Waals surface area contributed by atoms with E-state index in [9.17, 15) is 14.0 Å². The molecule has 4 nitrogen and oxygen atoms in total. The van der Waals surface area contributed by atoms with Crippen LogP contribution in [0.4, 0.5) is 4.39 Å². The highest BCUT2D eigenvalue weighted by Crippen LogP contribution is 2.40. The van der Waals surface area contributed by atoms with Gasteiger partial charge in [0.2, 0.25) is 0 Å². The average Bonchev–Trinajstić information content (AvgIpc) is 3.12. The third kappa shape index (κ3) is 3.03. The first kappa shape index (κ1) is 18.2. The van der Waals surface area contributed by atoms with Crippen molar-refractivity contribution in [2.45, 2.75) is 19.8 Å². The number of nitrogens with zero attached hydrogens (tertiary/aromatic N) is 1. The number of halogens is 1. The predicted molar refractivity (Wildman–Crippen MR) is 106 cm³/mol. The van der Waals surface area contributed by atoms with Crippen LogP contribution < -0.4 is 5.32 Å². The van der Waals surface area contributed by atoms with Crippen LogP contribution in [0.5, 0.6) is 0 Å². The summed E-state index contributed by atoms with van der Waals surface area (Å²) in [4.78, 5) is 26.7. The Morgan fingerprint density at radius 2 is 1.71 bits per heavy atom. The smallest absolute Gasteiger partial charge is 0.277 e. The van der Waals surface area contributed by atoms with Crippen molar-refractivity contribution in [3.63, 3.8) is 0 Å². The summed E-state index contributed by atoms with van der Waals surface area (Å²) >= 11 is 0. The van der Waals surface area contributed by atoms with E-state index in [1.165, 1.54) is 24.7 Å². The number of allylic oxidation sites excluding steroid dienone is 1. The van der Waals surface area contributed by atoms with Crippen molar-refractivity contribution in [2.75, 3.05) is 13.6 Å². The molecule has 2 aliphatic rings. The van der Waals surface area contributed by atoms with E-state index in [-0.39, 0.29) is 17.6 Å². The molecule has 1 aliphatic carbocycles. The van der Waals surface area contributed by atoms with Gasteiger partial charge in [-0.2, -0.15) is 0 Å². The second-order valence-corrected chi connectivity index (χ2v) is 7.21. The van der Waals surface area contributed by atoms with E-state index < -0.39 is 0 Å². The molecule has 0 spiro atoms. The fraction of sp³-hybridized carbons (Fsp3) is 0.217. The Hall–Kier alpha value is -3.21. The second-order valence-electron chi connectivity index (χ2n) is 7.21. The highest BCUT2D eigenvalue weighted by Gasteiger charge is 2.40. The third-order valence-corrected chi connectivity index (χ3v) is 5.33. The van der Waals surface area contributed by atoms with Gasteiger partial charge < -0.3 is 5.32 Å². The molecular weight excluding hydrogens is 355 g/mol. The number of rotatable bonds is 5. The van der Waals surface area contributed by atoms with E-state index in [0.29, 0.717) is 24.2 Å². The van der Waals surface area contributed by atoms with Gasteiger partial charge in [-0.25, -0.2) is 4.39 Å². The van der Waals surface area contributed by atoms with Crippen molar-refractivity contribution < 1.29 is 14.0 Å². The maximum absolute atomic E-state index is 13.1. The molecule has 0 aromatic heterocycles. The van der Waals surface area contributed by atoms with E-state index in [2.05, 4.69) is 11.4 Å². The van der Waals surface area contributed by atoms with Crippen LogP contribution in [0.15, 0.2) is 65.4 Å². The van der Waals surface area contributed by atoms with Crippen LogP contribution in [0.2, 0.25) is 0 Å². The fourth-order valence-corrected chi connectivity index (χ4v) is 3.89. The zero-order valence-electron chi connectivity index (χ0n) is 15.9. The molecule has 1 aliphatic heterocycles. The summed E-state index contributed by atoms with van der Waals surface area (Å²) in [5.74, 6) is -0.869. The number of imide groups is 1. The van der Waals surface area contributed by atoms with E-state index in [4.69, 9.17) is 0 Å². The molecule has 5 heteroatoms. The molecule has 0 atom stereocenters. The molecular formula is C23H21FN2O2. The number of carbonyl (C=O) groups excluding carboxylic acids is 2. The summed E-state index contributed by atoms with van der Waals surface area (Å²) in [6.45, 7) is 2.49. The summed E-state index contributed by atoms with van der Waals surface area (Å²) in [6, 6.07) is 14.3. The molecule has 0 saturated heterocycles. The Labute approximate surface area is 163 Å². The van der Waals surface area contributed by atoms with Crippen LogP contribution in [0, 0.1) is 5.82 Å². The molecule has 1 heterocycles. The van der Waals surface area contributed by atoms with Gasteiger partial charge in [0.25, 0.3) is 11.8 Å². The summed E-state index contributed by atoms with van der Waals surface area (Å²) in [5, 5.41) is 3.17. The first-order valence-corrected chi connectivity index (χ1v) is 9.30. The normalized spacial score (nSPS) is 16.3. The molecule has 2 aromatic rings. The third-order valence-electron chi connectivity index (χ3n) is 5.33. The van der Waals surface area contributed by atoms with Gasteiger partial charge in [0, 0.05) is 13.6 Å². The van der Waals surface area contributed by atoms with E-state index in [1.807, 2.05) is 25.1 Å². The number of nitrogens with one attached hydrogen (secondary N) is 1. The topological polar surface area (TPSA) is 49.4 Å². The average molecular weight is 376 g/mol. The van der Waals surface area contributed by atoms with Crippen LogP contribution in [0.1, 0.15) is 23.6 Å². The minimum Gasteiger partial charge on any atom is -0.380 e. The van der Waals surface area contributed by atoms with Gasteiger partial charge in [0.15, 0.2) is 0 Å². The second kappa shape index (κ2) is 7.08. The van der Waals surface area contributed by atoms with E-state index in [0.717, 1.165) is 33.6 Å². The van der Waals surface area contributed by atoms with Gasteiger partial charge in [-0.1, -0.05) is 42.0 Å². The van der Waals surface area contributed by atoms with Crippen LogP contribution in [-0.2, 0) is 22.4 Å². The molecule has 1 N–H and O–H groups in total. The molecule has 0 unspecified atom stereocenters. The van der Waals surface area contributed by atoms with Crippen molar-refractivity contribution in [1.29, 1.82) is 0 Å². The van der Waals surface area contributed by atoms with Crippen LogP contribution in [-0.4, -0.2) is 30.3 Å². The molecule has 0 saturated carbocycles. The predicted octanol–water partition coefficient (Wildman–Crippen LogP) is 3.24. The zero-order valence-corrected chi connectivity index (χ0v) is 15.9. The number of benzene rings is 2. The molecule has 0 bridgehead atoms. The number of hydrogen-bond donors (Lipinski definition) is 1. The number of carbonyl (C=O) groups is 2. The quantitative estimate of drug-likeness (QED) is 0.815. The molecule has 2 aromatic carbocycles. The van der Waals surface area contributed by atoms with Gasteiger partial charge >= 0.3 is 0 Å². The first-order valence-electron chi connectivity index (χ1n) is 9.30. The minimum absolute atomic E-state index is 0.276. The SMILES string of the molecule is CC1=C(C2=C(NCCc3ccc(F)cc3)C(=O)N(C)C2=O)c2ccccc2C1. The van der Waals surface area contributed by atoms with Gasteiger partial charge in [0.05, 0.1) is 5.57 Å². The number of hydrogen-bond acceptors (Lipinski definition) is 3.